The standard InChI is InChI=1S/C12H17NO4S2/c1-18-11-5-2-9(3-6-11)13-19(15,16)12-7-4-10(8-14)17-12/h4,7-9,11,13H,2-3,5-6H2,1H3. The number of hydrogen-bond acceptors (Lipinski definition) is 5. The smallest absolute Gasteiger partial charge is 0.274 e. The maximum atomic E-state index is 12.1. The minimum atomic E-state index is -3.66. The van der Waals surface area contributed by atoms with Crippen LogP contribution in [0, 0.1) is 0 Å². The summed E-state index contributed by atoms with van der Waals surface area (Å²) in [7, 11) is -3.66. The first kappa shape index (κ1) is 14.6. The van der Waals surface area contributed by atoms with Crippen molar-refractivity contribution in [2.45, 2.75) is 42.1 Å². The summed E-state index contributed by atoms with van der Waals surface area (Å²) in [5, 5.41) is 0.438. The first-order valence-electron chi connectivity index (χ1n) is 6.15. The number of thioether (sulfide) groups is 1. The van der Waals surface area contributed by atoms with E-state index in [0.717, 1.165) is 25.7 Å². The van der Waals surface area contributed by atoms with Crippen molar-refractivity contribution in [1.82, 2.24) is 4.72 Å². The van der Waals surface area contributed by atoms with Gasteiger partial charge in [0.1, 0.15) is 0 Å². The van der Waals surface area contributed by atoms with Crippen molar-refractivity contribution < 1.29 is 17.6 Å². The second-order valence-corrected chi connectivity index (χ2v) is 7.39. The monoisotopic (exact) mass is 303 g/mol. The van der Waals surface area contributed by atoms with Gasteiger partial charge in [0.25, 0.3) is 10.0 Å². The highest BCUT2D eigenvalue weighted by Gasteiger charge is 2.27. The molecule has 19 heavy (non-hydrogen) atoms. The van der Waals surface area contributed by atoms with Crippen LogP contribution < -0.4 is 4.72 Å². The molecule has 0 aromatic carbocycles. The summed E-state index contributed by atoms with van der Waals surface area (Å²) in [6, 6.07) is 2.62. The van der Waals surface area contributed by atoms with Crippen LogP contribution in [0.1, 0.15) is 36.2 Å². The Labute approximate surface area is 117 Å². The fraction of sp³-hybridized carbons (Fsp3) is 0.583. The van der Waals surface area contributed by atoms with Gasteiger partial charge in [-0.2, -0.15) is 11.8 Å². The second-order valence-electron chi connectivity index (χ2n) is 4.61. The van der Waals surface area contributed by atoms with Crippen LogP contribution in [0.25, 0.3) is 0 Å². The maximum Gasteiger partial charge on any atom is 0.274 e. The Bertz CT molecular complexity index is 530. The molecule has 1 fully saturated rings. The van der Waals surface area contributed by atoms with Gasteiger partial charge in [-0.3, -0.25) is 4.79 Å². The van der Waals surface area contributed by atoms with Gasteiger partial charge in [0.15, 0.2) is 12.0 Å². The average Bonchev–Trinajstić information content (AvgIpc) is 2.89. The number of carbonyl (C=O) groups is 1. The SMILES string of the molecule is CSC1CCC(NS(=O)(=O)c2ccc(C=O)o2)CC1. The Morgan fingerprint density at radius 2 is 2.00 bits per heavy atom. The number of hydrogen-bond donors (Lipinski definition) is 1. The van der Waals surface area contributed by atoms with E-state index < -0.39 is 10.0 Å². The summed E-state index contributed by atoms with van der Waals surface area (Å²) < 4.78 is 31.7. The molecule has 0 spiro atoms. The van der Waals surface area contributed by atoms with Crippen molar-refractivity contribution in [3.8, 4) is 0 Å². The van der Waals surface area contributed by atoms with Crippen LogP contribution in [0.2, 0.25) is 0 Å². The topological polar surface area (TPSA) is 76.4 Å². The molecule has 0 bridgehead atoms. The van der Waals surface area contributed by atoms with Crippen molar-refractivity contribution in [2.75, 3.05) is 6.26 Å². The predicted octanol–water partition coefficient (Wildman–Crippen LogP) is 2.04. The van der Waals surface area contributed by atoms with E-state index in [1.165, 1.54) is 12.1 Å². The summed E-state index contributed by atoms with van der Waals surface area (Å²) >= 11 is 1.83. The van der Waals surface area contributed by atoms with Crippen LogP contribution in [-0.2, 0) is 10.0 Å². The van der Waals surface area contributed by atoms with Crippen molar-refractivity contribution in [3.05, 3.63) is 17.9 Å². The lowest BCUT2D eigenvalue weighted by Gasteiger charge is -2.27. The molecule has 1 aliphatic carbocycles. The van der Waals surface area contributed by atoms with Crippen molar-refractivity contribution >= 4 is 28.1 Å². The molecule has 0 radical (unpaired) electrons. The van der Waals surface area contributed by atoms with Crippen LogP contribution in [0.15, 0.2) is 21.6 Å². The average molecular weight is 303 g/mol. The van der Waals surface area contributed by atoms with Gasteiger partial charge in [-0.1, -0.05) is 0 Å². The molecule has 1 N–H and O–H groups in total. The van der Waals surface area contributed by atoms with E-state index in [1.54, 1.807) is 0 Å². The third-order valence-electron chi connectivity index (χ3n) is 3.31. The third-order valence-corrected chi connectivity index (χ3v) is 5.84. The predicted molar refractivity (Wildman–Crippen MR) is 74.0 cm³/mol. The molecule has 0 aliphatic heterocycles. The molecule has 1 saturated carbocycles. The van der Waals surface area contributed by atoms with Crippen LogP contribution >= 0.6 is 11.8 Å². The first-order chi connectivity index (χ1) is 9.05. The van der Waals surface area contributed by atoms with Gasteiger partial charge in [0.2, 0.25) is 5.09 Å². The molecule has 1 heterocycles. The molecule has 0 unspecified atom stereocenters. The van der Waals surface area contributed by atoms with Gasteiger partial charge in [-0.25, -0.2) is 13.1 Å². The molecule has 1 aromatic rings. The first-order valence-corrected chi connectivity index (χ1v) is 8.92. The van der Waals surface area contributed by atoms with Gasteiger partial charge in [0.05, 0.1) is 0 Å². The molecule has 1 aliphatic rings. The zero-order chi connectivity index (χ0) is 13.9. The summed E-state index contributed by atoms with van der Waals surface area (Å²) in [6.07, 6.45) is 6.29. The minimum Gasteiger partial charge on any atom is -0.440 e. The summed E-state index contributed by atoms with van der Waals surface area (Å²) in [4.78, 5) is 10.5. The van der Waals surface area contributed by atoms with Gasteiger partial charge < -0.3 is 4.42 Å². The molecular formula is C12H17NO4S2. The van der Waals surface area contributed by atoms with Crippen molar-refractivity contribution in [3.63, 3.8) is 0 Å². The molecule has 0 amide bonds. The summed E-state index contributed by atoms with van der Waals surface area (Å²) in [5.74, 6) is 0.0199. The number of rotatable bonds is 5. The van der Waals surface area contributed by atoms with E-state index in [9.17, 15) is 13.2 Å². The lowest BCUT2D eigenvalue weighted by atomic mass is 9.96. The number of carbonyl (C=O) groups excluding carboxylic acids is 1. The lowest BCUT2D eigenvalue weighted by Crippen LogP contribution is -2.37. The van der Waals surface area contributed by atoms with E-state index >= 15 is 0 Å². The van der Waals surface area contributed by atoms with Crippen LogP contribution in [0.4, 0.5) is 0 Å². The van der Waals surface area contributed by atoms with Crippen LogP contribution in [-0.4, -0.2) is 32.3 Å². The molecule has 2 rings (SSSR count). The maximum absolute atomic E-state index is 12.1. The Morgan fingerprint density at radius 3 is 2.53 bits per heavy atom. The van der Waals surface area contributed by atoms with E-state index in [-0.39, 0.29) is 16.9 Å². The quantitative estimate of drug-likeness (QED) is 0.842. The van der Waals surface area contributed by atoms with Crippen molar-refractivity contribution in [1.29, 1.82) is 0 Å². The van der Waals surface area contributed by atoms with Crippen LogP contribution in [0.3, 0.4) is 0 Å². The molecule has 7 heteroatoms. The van der Waals surface area contributed by atoms with E-state index in [1.807, 2.05) is 11.8 Å². The van der Waals surface area contributed by atoms with Gasteiger partial charge in [0, 0.05) is 11.3 Å². The number of sulfonamides is 1. The molecule has 0 saturated heterocycles. The fourth-order valence-electron chi connectivity index (χ4n) is 2.24. The van der Waals surface area contributed by atoms with Crippen molar-refractivity contribution in [2.24, 2.45) is 0 Å². The summed E-state index contributed by atoms with van der Waals surface area (Å²) in [6.45, 7) is 0. The van der Waals surface area contributed by atoms with Gasteiger partial charge in [-0.15, -0.1) is 0 Å². The Hall–Kier alpha value is -0.790. The molecular weight excluding hydrogens is 286 g/mol. The Morgan fingerprint density at radius 1 is 1.32 bits per heavy atom. The molecule has 0 atom stereocenters. The van der Waals surface area contributed by atoms with E-state index in [0.29, 0.717) is 11.5 Å². The second kappa shape index (κ2) is 6.11. The largest absolute Gasteiger partial charge is 0.440 e. The summed E-state index contributed by atoms with van der Waals surface area (Å²) in [5.41, 5.74) is 0. The highest BCUT2D eigenvalue weighted by atomic mass is 32.2. The van der Waals surface area contributed by atoms with E-state index in [2.05, 4.69) is 11.0 Å². The number of furan rings is 1. The van der Waals surface area contributed by atoms with Gasteiger partial charge >= 0.3 is 0 Å². The normalized spacial score (nSPS) is 24.3. The zero-order valence-corrected chi connectivity index (χ0v) is 12.3. The molecule has 106 valence electrons. The molecule has 1 aromatic heterocycles. The fourth-order valence-corrected chi connectivity index (χ4v) is 4.22. The molecule has 5 nitrogen and oxygen atoms in total. The Kier molecular flexibility index (Phi) is 4.70. The number of aldehydes is 1. The lowest BCUT2D eigenvalue weighted by molar-refractivity contribution is 0.109. The highest BCUT2D eigenvalue weighted by Crippen LogP contribution is 2.27. The zero-order valence-electron chi connectivity index (χ0n) is 10.7. The van der Waals surface area contributed by atoms with Crippen LogP contribution in [0.5, 0.6) is 0 Å². The van der Waals surface area contributed by atoms with E-state index in [4.69, 9.17) is 4.42 Å². The highest BCUT2D eigenvalue weighted by molar-refractivity contribution is 7.99. The minimum absolute atomic E-state index is 0.0199. The number of nitrogens with one attached hydrogen (secondary N) is 1. The van der Waals surface area contributed by atoms with Gasteiger partial charge in [-0.05, 0) is 44.1 Å². The third kappa shape index (κ3) is 3.61. The Balaban J connectivity index is 2.00.